The van der Waals surface area contributed by atoms with Crippen LogP contribution in [0.5, 0.6) is 0 Å². The van der Waals surface area contributed by atoms with Crippen molar-refractivity contribution < 1.29 is 4.79 Å². The van der Waals surface area contributed by atoms with Gasteiger partial charge in [-0.15, -0.1) is 5.11 Å². The molecule has 0 aromatic heterocycles. The Morgan fingerprint density at radius 2 is 1.73 bits per heavy atom. The van der Waals surface area contributed by atoms with Crippen molar-refractivity contribution in [3.63, 3.8) is 0 Å². The molecule has 0 aliphatic carbocycles. The SMILES string of the molecule is CC(C)(C#N)N=NNC(=O)C(C)(C)C#N. The number of amides is 1. The zero-order valence-electron chi connectivity index (χ0n) is 9.20. The van der Waals surface area contributed by atoms with E-state index in [1.807, 2.05) is 12.1 Å². The highest BCUT2D eigenvalue weighted by Crippen LogP contribution is 2.13. The van der Waals surface area contributed by atoms with Crippen molar-refractivity contribution in [1.29, 1.82) is 10.5 Å². The van der Waals surface area contributed by atoms with Gasteiger partial charge < -0.3 is 0 Å². The third-order valence-electron chi connectivity index (χ3n) is 1.57. The van der Waals surface area contributed by atoms with E-state index in [2.05, 4.69) is 15.8 Å². The van der Waals surface area contributed by atoms with Gasteiger partial charge in [-0.05, 0) is 27.7 Å². The Hall–Kier alpha value is -1.95. The molecule has 0 aliphatic heterocycles. The Bertz CT molecular complexity index is 356. The minimum atomic E-state index is -1.16. The Kier molecular flexibility index (Phi) is 3.93. The summed E-state index contributed by atoms with van der Waals surface area (Å²) in [6, 6.07) is 3.72. The van der Waals surface area contributed by atoms with Crippen LogP contribution < -0.4 is 5.43 Å². The van der Waals surface area contributed by atoms with E-state index < -0.39 is 16.9 Å². The third kappa shape index (κ3) is 4.19. The molecule has 0 spiro atoms. The maximum atomic E-state index is 11.3. The molecule has 0 atom stereocenters. The minimum absolute atomic E-state index is 0.553. The molecule has 1 N–H and O–H groups in total. The second kappa shape index (κ2) is 4.52. The van der Waals surface area contributed by atoms with Crippen LogP contribution in [-0.4, -0.2) is 11.4 Å². The number of hydrogen-bond acceptors (Lipinski definition) is 5. The summed E-state index contributed by atoms with van der Waals surface area (Å²) < 4.78 is 0. The molecular weight excluding hydrogens is 194 g/mol. The van der Waals surface area contributed by atoms with Gasteiger partial charge in [0.1, 0.15) is 5.41 Å². The first-order valence-corrected chi connectivity index (χ1v) is 4.30. The predicted octanol–water partition coefficient (Wildman–Crippen LogP) is 1.32. The minimum Gasteiger partial charge on any atom is -0.271 e. The van der Waals surface area contributed by atoms with Gasteiger partial charge in [-0.2, -0.15) is 10.5 Å². The molecule has 0 aromatic carbocycles. The smallest absolute Gasteiger partial charge is 0.261 e. The lowest BCUT2D eigenvalue weighted by Gasteiger charge is -2.12. The van der Waals surface area contributed by atoms with Gasteiger partial charge in [0.2, 0.25) is 0 Å². The van der Waals surface area contributed by atoms with Gasteiger partial charge in [-0.1, -0.05) is 5.22 Å². The van der Waals surface area contributed by atoms with Crippen LogP contribution in [0.4, 0.5) is 0 Å². The number of carbonyl (C=O) groups excluding carboxylic acids is 1. The Morgan fingerprint density at radius 1 is 1.20 bits per heavy atom. The monoisotopic (exact) mass is 207 g/mol. The van der Waals surface area contributed by atoms with Crippen LogP contribution in [0.1, 0.15) is 27.7 Å². The number of hydrogen-bond donors (Lipinski definition) is 1. The zero-order valence-corrected chi connectivity index (χ0v) is 9.20. The molecule has 0 heterocycles. The van der Waals surface area contributed by atoms with Crippen LogP contribution in [0.2, 0.25) is 0 Å². The van der Waals surface area contributed by atoms with Gasteiger partial charge in [-0.3, -0.25) is 4.79 Å². The maximum absolute atomic E-state index is 11.3. The molecule has 0 unspecified atom stereocenters. The zero-order chi connectivity index (χ0) is 12.1. The van der Waals surface area contributed by atoms with E-state index in [0.29, 0.717) is 0 Å². The Balaban J connectivity index is 4.40. The summed E-state index contributed by atoms with van der Waals surface area (Å²) in [6.07, 6.45) is 0. The molecule has 0 saturated carbocycles. The molecule has 0 rings (SSSR count). The van der Waals surface area contributed by atoms with Crippen molar-refractivity contribution in [2.24, 2.45) is 15.8 Å². The predicted molar refractivity (Wildman–Crippen MR) is 52.1 cm³/mol. The fraction of sp³-hybridized carbons (Fsp3) is 0.667. The maximum Gasteiger partial charge on any atom is 0.261 e. The van der Waals surface area contributed by atoms with E-state index in [1.54, 1.807) is 13.8 Å². The van der Waals surface area contributed by atoms with Crippen molar-refractivity contribution in [2.45, 2.75) is 33.2 Å². The molecule has 0 aromatic rings. The van der Waals surface area contributed by atoms with Gasteiger partial charge in [0.25, 0.3) is 5.91 Å². The second-order valence-electron chi connectivity index (χ2n) is 4.05. The van der Waals surface area contributed by atoms with Gasteiger partial charge in [0.05, 0.1) is 12.1 Å². The summed E-state index contributed by atoms with van der Waals surface area (Å²) in [5, 5.41) is 24.2. The summed E-state index contributed by atoms with van der Waals surface area (Å²) >= 11 is 0. The van der Waals surface area contributed by atoms with Gasteiger partial charge in [-0.25, -0.2) is 5.43 Å². The lowest BCUT2D eigenvalue weighted by molar-refractivity contribution is -0.126. The molecule has 15 heavy (non-hydrogen) atoms. The average molecular weight is 207 g/mol. The summed E-state index contributed by atoms with van der Waals surface area (Å²) in [4.78, 5) is 11.3. The number of nitrogens with one attached hydrogen (secondary N) is 1. The molecular formula is C9H13N5O. The fourth-order valence-electron chi connectivity index (χ4n) is 0.408. The molecule has 0 aliphatic rings. The normalized spacial score (nSPS) is 11.9. The van der Waals surface area contributed by atoms with E-state index in [-0.39, 0.29) is 0 Å². The third-order valence-corrected chi connectivity index (χ3v) is 1.57. The highest BCUT2D eigenvalue weighted by Gasteiger charge is 2.27. The largest absolute Gasteiger partial charge is 0.271 e. The van der Waals surface area contributed by atoms with Crippen molar-refractivity contribution in [3.05, 3.63) is 0 Å². The van der Waals surface area contributed by atoms with Crippen molar-refractivity contribution in [1.82, 2.24) is 5.43 Å². The summed E-state index contributed by atoms with van der Waals surface area (Å²) in [7, 11) is 0. The van der Waals surface area contributed by atoms with E-state index >= 15 is 0 Å². The first-order chi connectivity index (χ1) is 6.75. The molecule has 0 radical (unpaired) electrons. The summed E-state index contributed by atoms with van der Waals surface area (Å²) in [5.74, 6) is -0.553. The van der Waals surface area contributed by atoms with E-state index in [1.165, 1.54) is 13.8 Å². The highest BCUT2D eigenvalue weighted by atomic mass is 16.2. The second-order valence-corrected chi connectivity index (χ2v) is 4.05. The lowest BCUT2D eigenvalue weighted by Crippen LogP contribution is -2.32. The Morgan fingerprint density at radius 3 is 2.13 bits per heavy atom. The fourth-order valence-corrected chi connectivity index (χ4v) is 0.408. The first-order valence-electron chi connectivity index (χ1n) is 4.30. The number of rotatable bonds is 3. The quantitative estimate of drug-likeness (QED) is 0.557. The number of nitrogens with zero attached hydrogens (tertiary/aromatic N) is 4. The molecule has 0 bridgehead atoms. The topological polar surface area (TPSA) is 101 Å². The highest BCUT2D eigenvalue weighted by molar-refractivity contribution is 5.84. The van der Waals surface area contributed by atoms with Crippen LogP contribution in [0.3, 0.4) is 0 Å². The van der Waals surface area contributed by atoms with Crippen molar-refractivity contribution in [2.75, 3.05) is 0 Å². The van der Waals surface area contributed by atoms with Gasteiger partial charge in [0, 0.05) is 0 Å². The van der Waals surface area contributed by atoms with Crippen molar-refractivity contribution in [3.8, 4) is 12.1 Å². The summed E-state index contributed by atoms with van der Waals surface area (Å²) in [5.41, 5.74) is -0.0289. The van der Waals surface area contributed by atoms with E-state index in [9.17, 15) is 4.79 Å². The lowest BCUT2D eigenvalue weighted by atomic mass is 9.95. The van der Waals surface area contributed by atoms with E-state index in [0.717, 1.165) is 0 Å². The van der Waals surface area contributed by atoms with Gasteiger partial charge >= 0.3 is 0 Å². The number of carbonyl (C=O) groups is 1. The average Bonchev–Trinajstić information content (AvgIpc) is 2.17. The molecule has 6 heteroatoms. The van der Waals surface area contributed by atoms with Crippen LogP contribution >= 0.6 is 0 Å². The molecule has 0 fully saturated rings. The van der Waals surface area contributed by atoms with Crippen molar-refractivity contribution >= 4 is 5.91 Å². The summed E-state index contributed by atoms with van der Waals surface area (Å²) in [6.45, 7) is 6.04. The van der Waals surface area contributed by atoms with Crippen LogP contribution in [0.15, 0.2) is 10.3 Å². The van der Waals surface area contributed by atoms with Gasteiger partial charge in [0.15, 0.2) is 5.54 Å². The van der Waals surface area contributed by atoms with E-state index in [4.69, 9.17) is 10.5 Å². The molecule has 80 valence electrons. The number of nitriles is 2. The first kappa shape index (κ1) is 13.1. The van der Waals surface area contributed by atoms with Crippen LogP contribution in [-0.2, 0) is 4.79 Å². The van der Waals surface area contributed by atoms with Crippen LogP contribution in [0, 0.1) is 28.1 Å². The molecule has 6 nitrogen and oxygen atoms in total. The molecule has 0 saturated heterocycles. The molecule has 1 amide bonds. The Labute approximate surface area is 88.6 Å². The van der Waals surface area contributed by atoms with Crippen LogP contribution in [0.25, 0.3) is 0 Å². The standard InChI is InChI=1S/C9H13N5O/c1-8(2,5-10)7(15)12-14-13-9(3,4)6-11/h1-4H3,(H,12,13,15).